The zero-order valence-electron chi connectivity index (χ0n) is 11.8. The first kappa shape index (κ1) is 18.1. The lowest BCUT2D eigenvalue weighted by Crippen LogP contribution is -2.28. The van der Waals surface area contributed by atoms with Crippen LogP contribution in [0.15, 0.2) is 11.6 Å². The van der Waals surface area contributed by atoms with Gasteiger partial charge in [0.2, 0.25) is 5.91 Å². The molecule has 1 fully saturated rings. The normalized spacial score (nSPS) is 26.4. The molecule has 1 unspecified atom stereocenters. The van der Waals surface area contributed by atoms with E-state index in [0.29, 0.717) is 17.7 Å². The zero-order valence-corrected chi connectivity index (χ0v) is 12.7. The lowest BCUT2D eigenvalue weighted by atomic mass is 10.2. The molecular formula is C13H22FNO3S. The first-order chi connectivity index (χ1) is 8.81. The van der Waals surface area contributed by atoms with Gasteiger partial charge in [0.15, 0.2) is 0 Å². The van der Waals surface area contributed by atoms with Crippen LogP contribution in [0, 0.1) is 0 Å². The van der Waals surface area contributed by atoms with Gasteiger partial charge >= 0.3 is 0 Å². The van der Waals surface area contributed by atoms with Gasteiger partial charge in [0, 0.05) is 24.7 Å². The Bertz CT molecular complexity index is 347. The SMILES string of the molecule is C/C=C(/C)C(=O)NC(C)=O.CC1C[C@H](F)[C@@H](CS)O1. The van der Waals surface area contributed by atoms with E-state index < -0.39 is 6.17 Å². The first-order valence-electron chi connectivity index (χ1n) is 6.17. The van der Waals surface area contributed by atoms with Crippen molar-refractivity contribution in [1.82, 2.24) is 5.32 Å². The predicted molar refractivity (Wildman–Crippen MR) is 76.0 cm³/mol. The van der Waals surface area contributed by atoms with Gasteiger partial charge in [0.25, 0.3) is 5.91 Å². The summed E-state index contributed by atoms with van der Waals surface area (Å²) in [5, 5.41) is 2.15. The van der Waals surface area contributed by atoms with Gasteiger partial charge in [-0.1, -0.05) is 6.08 Å². The van der Waals surface area contributed by atoms with Crippen molar-refractivity contribution in [3.63, 3.8) is 0 Å². The molecule has 0 saturated carbocycles. The Balaban J connectivity index is 0.000000342. The maximum Gasteiger partial charge on any atom is 0.253 e. The number of allylic oxidation sites excluding steroid dienone is 1. The number of hydrogen-bond acceptors (Lipinski definition) is 4. The maximum absolute atomic E-state index is 12.7. The van der Waals surface area contributed by atoms with Crippen LogP contribution in [-0.4, -0.2) is 35.9 Å². The Morgan fingerprint density at radius 1 is 1.47 bits per heavy atom. The summed E-state index contributed by atoms with van der Waals surface area (Å²) in [6.07, 6.45) is 1.21. The van der Waals surface area contributed by atoms with Gasteiger partial charge in [-0.25, -0.2) is 4.39 Å². The number of rotatable bonds is 2. The van der Waals surface area contributed by atoms with Crippen LogP contribution in [0.1, 0.15) is 34.1 Å². The van der Waals surface area contributed by atoms with Crippen molar-refractivity contribution in [3.05, 3.63) is 11.6 Å². The largest absolute Gasteiger partial charge is 0.371 e. The van der Waals surface area contributed by atoms with E-state index in [1.54, 1.807) is 19.9 Å². The Morgan fingerprint density at radius 2 is 2.05 bits per heavy atom. The van der Waals surface area contributed by atoms with Gasteiger partial charge in [0.1, 0.15) is 6.17 Å². The van der Waals surface area contributed by atoms with Gasteiger partial charge < -0.3 is 4.74 Å². The van der Waals surface area contributed by atoms with E-state index in [2.05, 4.69) is 17.9 Å². The average Bonchev–Trinajstić information content (AvgIpc) is 2.66. The molecule has 4 nitrogen and oxygen atoms in total. The number of thiol groups is 1. The smallest absolute Gasteiger partial charge is 0.253 e. The lowest BCUT2D eigenvalue weighted by molar-refractivity contribution is -0.127. The van der Waals surface area contributed by atoms with Gasteiger partial charge in [-0.3, -0.25) is 14.9 Å². The summed E-state index contributed by atoms with van der Waals surface area (Å²) in [4.78, 5) is 21.1. The summed E-state index contributed by atoms with van der Waals surface area (Å²) in [5.74, 6) is -0.160. The first-order valence-corrected chi connectivity index (χ1v) is 6.80. The van der Waals surface area contributed by atoms with Crippen molar-refractivity contribution in [1.29, 1.82) is 0 Å². The molecule has 0 aromatic rings. The molecule has 3 atom stereocenters. The molecule has 0 radical (unpaired) electrons. The summed E-state index contributed by atoms with van der Waals surface area (Å²) in [6, 6.07) is 0. The molecule has 1 aliphatic heterocycles. The lowest BCUT2D eigenvalue weighted by Gasteiger charge is -2.07. The van der Waals surface area contributed by atoms with Crippen LogP contribution in [0.4, 0.5) is 4.39 Å². The third-order valence-corrected chi connectivity index (χ3v) is 2.99. The molecule has 1 saturated heterocycles. The van der Waals surface area contributed by atoms with Crippen molar-refractivity contribution in [2.45, 2.75) is 52.5 Å². The third-order valence-electron chi connectivity index (χ3n) is 2.63. The molecule has 0 aliphatic carbocycles. The molecule has 0 bridgehead atoms. The summed E-state index contributed by atoms with van der Waals surface area (Å²) < 4.78 is 17.8. The van der Waals surface area contributed by atoms with Crippen LogP contribution in [0.25, 0.3) is 0 Å². The Hall–Kier alpha value is -0.880. The van der Waals surface area contributed by atoms with E-state index in [-0.39, 0.29) is 24.0 Å². The highest BCUT2D eigenvalue weighted by atomic mass is 32.1. The number of amides is 2. The van der Waals surface area contributed by atoms with Crippen molar-refractivity contribution in [2.24, 2.45) is 0 Å². The van der Waals surface area contributed by atoms with Gasteiger partial charge in [-0.15, -0.1) is 0 Å². The number of alkyl halides is 1. The number of carbonyl (C=O) groups excluding carboxylic acids is 2. The maximum atomic E-state index is 12.7. The predicted octanol–water partition coefficient (Wildman–Crippen LogP) is 2.05. The second-order valence-corrected chi connectivity index (χ2v) is 4.77. The van der Waals surface area contributed by atoms with Crippen molar-refractivity contribution in [2.75, 3.05) is 5.75 Å². The molecule has 1 N–H and O–H groups in total. The standard InChI is InChI=1S/C7H11NO2.C6H11FOS/c1-4-5(2)7(10)8-6(3)9;1-4-2-5(7)6(3-9)8-4/h4H,1-3H3,(H,8,9,10);4-6,9H,2-3H2,1H3/b5-4-;/t;4?,5-,6+/m.0/s1. The zero-order chi connectivity index (χ0) is 15.0. The van der Waals surface area contributed by atoms with Crippen LogP contribution in [0.5, 0.6) is 0 Å². The van der Waals surface area contributed by atoms with Crippen LogP contribution in [0.3, 0.4) is 0 Å². The monoisotopic (exact) mass is 291 g/mol. The van der Waals surface area contributed by atoms with E-state index in [0.717, 1.165) is 0 Å². The highest BCUT2D eigenvalue weighted by molar-refractivity contribution is 7.80. The highest BCUT2D eigenvalue weighted by Crippen LogP contribution is 2.23. The van der Waals surface area contributed by atoms with Crippen LogP contribution >= 0.6 is 12.6 Å². The fourth-order valence-corrected chi connectivity index (χ4v) is 1.77. The minimum atomic E-state index is -0.794. The van der Waals surface area contributed by atoms with E-state index in [9.17, 15) is 14.0 Å². The Morgan fingerprint density at radius 3 is 2.32 bits per heavy atom. The number of imide groups is 1. The fourth-order valence-electron chi connectivity index (χ4n) is 1.46. The fraction of sp³-hybridized carbons (Fsp3) is 0.692. The molecule has 0 aromatic carbocycles. The quantitative estimate of drug-likeness (QED) is 0.605. The van der Waals surface area contributed by atoms with Gasteiger partial charge in [-0.2, -0.15) is 12.6 Å². The molecule has 19 heavy (non-hydrogen) atoms. The minimum absolute atomic E-state index is 0.0807. The van der Waals surface area contributed by atoms with Crippen LogP contribution in [-0.2, 0) is 14.3 Å². The number of halogens is 1. The molecule has 2 amide bonds. The van der Waals surface area contributed by atoms with Crippen LogP contribution in [0.2, 0.25) is 0 Å². The number of ether oxygens (including phenoxy) is 1. The third kappa shape index (κ3) is 7.32. The van der Waals surface area contributed by atoms with E-state index >= 15 is 0 Å². The van der Waals surface area contributed by atoms with Gasteiger partial charge in [-0.05, 0) is 20.8 Å². The molecule has 6 heteroatoms. The molecule has 0 aromatic heterocycles. The van der Waals surface area contributed by atoms with E-state index in [1.807, 2.05) is 6.92 Å². The molecule has 1 rings (SSSR count). The second-order valence-electron chi connectivity index (χ2n) is 4.40. The second kappa shape index (κ2) is 9.09. The van der Waals surface area contributed by atoms with Crippen molar-refractivity contribution >= 4 is 24.4 Å². The Labute approximate surface area is 119 Å². The summed E-state index contributed by atoms with van der Waals surface area (Å²) in [6.45, 7) is 6.59. The van der Waals surface area contributed by atoms with Gasteiger partial charge in [0.05, 0.1) is 12.2 Å². The summed E-state index contributed by atoms with van der Waals surface area (Å²) in [7, 11) is 0. The minimum Gasteiger partial charge on any atom is -0.371 e. The number of carbonyl (C=O) groups is 2. The molecule has 0 spiro atoms. The summed E-state index contributed by atoms with van der Waals surface area (Å²) in [5.41, 5.74) is 0.551. The van der Waals surface area contributed by atoms with Crippen LogP contribution < -0.4 is 5.32 Å². The molecule has 1 heterocycles. The molecule has 110 valence electrons. The average molecular weight is 291 g/mol. The topological polar surface area (TPSA) is 55.4 Å². The van der Waals surface area contributed by atoms with E-state index in [1.165, 1.54) is 6.92 Å². The molecule has 1 aliphatic rings. The summed E-state index contributed by atoms with van der Waals surface area (Å²) >= 11 is 3.95. The highest BCUT2D eigenvalue weighted by Gasteiger charge is 2.31. The van der Waals surface area contributed by atoms with Crippen molar-refractivity contribution < 1.29 is 18.7 Å². The van der Waals surface area contributed by atoms with E-state index in [4.69, 9.17) is 4.74 Å². The molecular weight excluding hydrogens is 269 g/mol. The number of hydrogen-bond donors (Lipinski definition) is 2. The number of nitrogens with one attached hydrogen (secondary N) is 1. The van der Waals surface area contributed by atoms with Crippen molar-refractivity contribution in [3.8, 4) is 0 Å². The Kier molecular flexibility index (Phi) is 8.67.